The number of anilines is 2. The third-order valence-corrected chi connectivity index (χ3v) is 7.59. The molecule has 1 saturated carbocycles. The highest BCUT2D eigenvalue weighted by molar-refractivity contribution is 7.80. The number of carbonyl (C=O) groups excluding carboxylic acids is 1. The molecule has 3 aromatic rings. The highest BCUT2D eigenvalue weighted by atomic mass is 35.5. The van der Waals surface area contributed by atoms with Crippen LogP contribution >= 0.6 is 23.8 Å². The molecule has 1 aliphatic carbocycles. The number of pyridine rings is 1. The molecule has 2 N–H and O–H groups in total. The number of nitrogens with one attached hydrogen (secondary N) is 2. The van der Waals surface area contributed by atoms with Gasteiger partial charge in [-0.25, -0.2) is 0 Å². The first kappa shape index (κ1) is 24.7. The number of carbonyl (C=O) groups is 1. The van der Waals surface area contributed by atoms with Crippen LogP contribution in [0.1, 0.15) is 61.6 Å². The molecule has 2 fully saturated rings. The smallest absolute Gasteiger partial charge is 0.250 e. The summed E-state index contributed by atoms with van der Waals surface area (Å²) in [5.74, 6) is -0.260. The largest absolute Gasteiger partial charge is 0.375 e. The van der Waals surface area contributed by atoms with Gasteiger partial charge in [0.25, 0.3) is 0 Å². The summed E-state index contributed by atoms with van der Waals surface area (Å²) in [7, 11) is 1.48. The van der Waals surface area contributed by atoms with Crippen LogP contribution in [0.15, 0.2) is 60.9 Å². The molecular weight excluding hydrogens is 494 g/mol. The van der Waals surface area contributed by atoms with Gasteiger partial charge in [0.05, 0.1) is 22.4 Å². The zero-order valence-electron chi connectivity index (χ0n) is 20.2. The maximum Gasteiger partial charge on any atom is 0.250 e. The summed E-state index contributed by atoms with van der Waals surface area (Å²) in [4.78, 5) is 18.8. The van der Waals surface area contributed by atoms with Crippen molar-refractivity contribution < 1.29 is 9.53 Å². The quantitative estimate of drug-likeness (QED) is 0.381. The Morgan fingerprint density at radius 1 is 1.19 bits per heavy atom. The molecule has 5 rings (SSSR count). The first-order valence-corrected chi connectivity index (χ1v) is 13.1. The zero-order chi connectivity index (χ0) is 25.1. The second kappa shape index (κ2) is 11.0. The average molecular weight is 524 g/mol. The standard InChI is InChI=1S/C27H30ClN5O2S/c1-35-17-24(34)30-21-13-12-19(16-20(21)28)33-26(25(31-27(33)36)22-10-5-6-14-29-22)23-11-7-15-32(23)18-8-3-2-4-9-18/h5-7,10-16,18,25-26H,2-4,8-9,17H2,1H3,(H,30,34)(H,31,36)/t25-,26+/m1/s1. The van der Waals surface area contributed by atoms with Crippen LogP contribution in [0.2, 0.25) is 5.02 Å². The van der Waals surface area contributed by atoms with Gasteiger partial charge < -0.3 is 24.8 Å². The van der Waals surface area contributed by atoms with Crippen LogP contribution in [0.3, 0.4) is 0 Å². The van der Waals surface area contributed by atoms with E-state index in [2.05, 4.69) is 43.4 Å². The Hall–Kier alpha value is -2.94. The van der Waals surface area contributed by atoms with Gasteiger partial charge >= 0.3 is 0 Å². The lowest BCUT2D eigenvalue weighted by Crippen LogP contribution is -2.31. The van der Waals surface area contributed by atoms with Crippen LogP contribution < -0.4 is 15.5 Å². The molecule has 0 unspecified atom stereocenters. The normalized spacial score (nSPS) is 20.4. The number of hydrogen-bond donors (Lipinski definition) is 2. The van der Waals surface area contributed by atoms with Crippen LogP contribution in [0.5, 0.6) is 0 Å². The first-order valence-electron chi connectivity index (χ1n) is 12.3. The van der Waals surface area contributed by atoms with Crippen molar-refractivity contribution in [1.82, 2.24) is 14.9 Å². The monoisotopic (exact) mass is 523 g/mol. The Labute approximate surface area is 221 Å². The molecule has 0 bridgehead atoms. The van der Waals surface area contributed by atoms with Crippen molar-refractivity contribution in [2.75, 3.05) is 23.9 Å². The fourth-order valence-electron chi connectivity index (χ4n) is 5.36. The van der Waals surface area contributed by atoms with Gasteiger partial charge in [0, 0.05) is 36.9 Å². The number of amides is 1. The van der Waals surface area contributed by atoms with Crippen molar-refractivity contribution in [2.24, 2.45) is 0 Å². The third kappa shape index (κ3) is 4.98. The highest BCUT2D eigenvalue weighted by Gasteiger charge is 2.42. The number of methoxy groups -OCH3 is 1. The van der Waals surface area contributed by atoms with Crippen LogP contribution in [-0.2, 0) is 9.53 Å². The Bertz CT molecular complexity index is 1230. The number of rotatable bonds is 7. The molecular formula is C27H30ClN5O2S. The van der Waals surface area contributed by atoms with Crippen LogP contribution in [0.4, 0.5) is 11.4 Å². The van der Waals surface area contributed by atoms with E-state index in [0.717, 1.165) is 11.4 Å². The minimum atomic E-state index is -0.260. The van der Waals surface area contributed by atoms with E-state index >= 15 is 0 Å². The first-order chi connectivity index (χ1) is 17.6. The van der Waals surface area contributed by atoms with Crippen molar-refractivity contribution in [2.45, 2.75) is 50.2 Å². The topological polar surface area (TPSA) is 71.4 Å². The molecule has 0 radical (unpaired) electrons. The minimum absolute atomic E-state index is 0.0375. The van der Waals surface area contributed by atoms with Crippen LogP contribution in [-0.4, -0.2) is 34.3 Å². The second-order valence-corrected chi connectivity index (χ2v) is 10.1. The lowest BCUT2D eigenvalue weighted by atomic mass is 9.94. The van der Waals surface area contributed by atoms with E-state index in [1.807, 2.05) is 36.5 Å². The number of nitrogens with zero attached hydrogens (tertiary/aromatic N) is 3. The molecule has 36 heavy (non-hydrogen) atoms. The molecule has 2 atom stereocenters. The number of thiocarbonyl (C=S) groups is 1. The van der Waals surface area contributed by atoms with Gasteiger partial charge in [0.1, 0.15) is 12.6 Å². The maximum absolute atomic E-state index is 12.0. The summed E-state index contributed by atoms with van der Waals surface area (Å²) >= 11 is 12.5. The summed E-state index contributed by atoms with van der Waals surface area (Å²) in [6.07, 6.45) is 10.2. The third-order valence-electron chi connectivity index (χ3n) is 6.96. The number of benzene rings is 1. The fraction of sp³-hybridized carbons (Fsp3) is 0.370. The van der Waals surface area contributed by atoms with Gasteiger partial charge in [-0.3, -0.25) is 9.78 Å². The summed E-state index contributed by atoms with van der Waals surface area (Å²) in [5, 5.41) is 7.35. The Morgan fingerprint density at radius 3 is 2.75 bits per heavy atom. The second-order valence-electron chi connectivity index (χ2n) is 9.27. The summed E-state index contributed by atoms with van der Waals surface area (Å²) in [6.45, 7) is -0.0375. The molecule has 0 spiro atoms. The van der Waals surface area contributed by atoms with Crippen LogP contribution in [0, 0.1) is 0 Å². The molecule has 1 aromatic carbocycles. The average Bonchev–Trinajstić information content (AvgIpc) is 3.51. The number of ether oxygens (including phenoxy) is 1. The maximum atomic E-state index is 12.0. The van der Waals surface area contributed by atoms with Crippen molar-refractivity contribution in [1.29, 1.82) is 0 Å². The van der Waals surface area contributed by atoms with Crippen molar-refractivity contribution in [3.05, 3.63) is 77.3 Å². The van der Waals surface area contributed by atoms with Gasteiger partial charge in [0.15, 0.2) is 5.11 Å². The van der Waals surface area contributed by atoms with E-state index < -0.39 is 0 Å². The molecule has 2 aromatic heterocycles. The lowest BCUT2D eigenvalue weighted by Gasteiger charge is -2.32. The van der Waals surface area contributed by atoms with E-state index in [0.29, 0.717) is 21.9 Å². The molecule has 3 heterocycles. The van der Waals surface area contributed by atoms with E-state index in [4.69, 9.17) is 28.6 Å². The number of aromatic nitrogens is 2. The SMILES string of the molecule is COCC(=O)Nc1ccc(N2C(=S)N[C@H](c3ccccn3)[C@@H]2c2cccn2C2CCCCC2)cc1Cl. The summed E-state index contributed by atoms with van der Waals surface area (Å²) in [6, 6.07) is 16.1. The van der Waals surface area contributed by atoms with Gasteiger partial charge in [-0.1, -0.05) is 36.9 Å². The van der Waals surface area contributed by atoms with E-state index in [1.54, 1.807) is 6.07 Å². The molecule has 1 saturated heterocycles. The van der Waals surface area contributed by atoms with Gasteiger partial charge in [-0.05, 0) is 67.5 Å². The van der Waals surface area contributed by atoms with E-state index in [1.165, 1.54) is 44.9 Å². The van der Waals surface area contributed by atoms with Crippen molar-refractivity contribution in [3.8, 4) is 0 Å². The minimum Gasteiger partial charge on any atom is -0.375 e. The summed E-state index contributed by atoms with van der Waals surface area (Å²) < 4.78 is 7.34. The Morgan fingerprint density at radius 2 is 2.03 bits per heavy atom. The molecule has 9 heteroatoms. The predicted octanol–water partition coefficient (Wildman–Crippen LogP) is 5.80. The Kier molecular flexibility index (Phi) is 7.55. The highest BCUT2D eigenvalue weighted by Crippen LogP contribution is 2.44. The number of hydrogen-bond acceptors (Lipinski definition) is 4. The molecule has 1 aliphatic heterocycles. The van der Waals surface area contributed by atoms with Gasteiger partial charge in [0.2, 0.25) is 5.91 Å². The van der Waals surface area contributed by atoms with E-state index in [9.17, 15) is 4.79 Å². The van der Waals surface area contributed by atoms with Crippen molar-refractivity contribution in [3.63, 3.8) is 0 Å². The molecule has 2 aliphatic rings. The van der Waals surface area contributed by atoms with E-state index in [-0.39, 0.29) is 24.6 Å². The van der Waals surface area contributed by atoms with Crippen LogP contribution in [0.25, 0.3) is 0 Å². The van der Waals surface area contributed by atoms with Crippen molar-refractivity contribution >= 4 is 46.2 Å². The van der Waals surface area contributed by atoms with Gasteiger partial charge in [-0.2, -0.15) is 0 Å². The number of halogens is 1. The van der Waals surface area contributed by atoms with Gasteiger partial charge in [-0.15, -0.1) is 0 Å². The molecule has 188 valence electrons. The fourth-order valence-corrected chi connectivity index (χ4v) is 5.92. The molecule has 7 nitrogen and oxygen atoms in total. The lowest BCUT2D eigenvalue weighted by molar-refractivity contribution is -0.119. The Balaban J connectivity index is 1.54. The summed E-state index contributed by atoms with van der Waals surface area (Å²) in [5.41, 5.74) is 3.50. The predicted molar refractivity (Wildman–Crippen MR) is 146 cm³/mol. The molecule has 1 amide bonds. The zero-order valence-corrected chi connectivity index (χ0v) is 21.8.